The lowest BCUT2D eigenvalue weighted by Gasteiger charge is -2.44. The van der Waals surface area contributed by atoms with Crippen molar-refractivity contribution in [3.8, 4) is 0 Å². The second kappa shape index (κ2) is 8.02. The number of Topliss-reactive ketones (excluding diaryl/α,β-unsaturated/α-hetero) is 1. The minimum atomic E-state index is -5.95. The number of nitrogens with zero attached hydrogens (tertiary/aromatic N) is 1. The lowest BCUT2D eigenvalue weighted by atomic mass is 9.84. The van der Waals surface area contributed by atoms with Crippen LogP contribution in [0.25, 0.3) is 0 Å². The molecular weight excluding hydrogens is 403 g/mol. The average molecular weight is 429 g/mol. The van der Waals surface area contributed by atoms with E-state index in [0.717, 1.165) is 4.90 Å². The first kappa shape index (κ1) is 24.4. The topological polar surface area (TPSA) is 90.0 Å². The minimum absolute atomic E-state index is 0.166. The molecule has 2 atom stereocenters. The zero-order valence-electron chi connectivity index (χ0n) is 16.5. The van der Waals surface area contributed by atoms with Gasteiger partial charge in [-0.25, -0.2) is 4.79 Å². The highest BCUT2D eigenvalue weighted by atomic mass is 32.2. The summed E-state index contributed by atoms with van der Waals surface area (Å²) >= 11 is 0. The fourth-order valence-corrected chi connectivity index (χ4v) is 3.66. The Morgan fingerprint density at radius 3 is 2.29 bits per heavy atom. The van der Waals surface area contributed by atoms with Gasteiger partial charge in [0.1, 0.15) is 12.1 Å². The number of rotatable bonds is 6. The molecule has 0 aromatic heterocycles. The van der Waals surface area contributed by atoms with Crippen LogP contribution in [0.4, 0.5) is 18.0 Å². The van der Waals surface area contributed by atoms with Crippen LogP contribution in [0, 0.1) is 11.3 Å². The quantitative estimate of drug-likeness (QED) is 0.366. The van der Waals surface area contributed by atoms with Crippen molar-refractivity contribution in [3.05, 3.63) is 12.7 Å². The Kier molecular flexibility index (Phi) is 6.99. The summed E-state index contributed by atoms with van der Waals surface area (Å²) < 4.78 is 70.2. The highest BCUT2D eigenvalue weighted by Gasteiger charge is 2.61. The van der Waals surface area contributed by atoms with E-state index in [2.05, 4.69) is 10.8 Å². The third kappa shape index (κ3) is 4.51. The van der Waals surface area contributed by atoms with Gasteiger partial charge in [0.2, 0.25) is 0 Å². The molecule has 2 unspecified atom stereocenters. The van der Waals surface area contributed by atoms with Crippen LogP contribution in [-0.2, 0) is 23.8 Å². The van der Waals surface area contributed by atoms with Gasteiger partial charge in [-0.1, -0.05) is 47.3 Å². The molecule has 1 fully saturated rings. The van der Waals surface area contributed by atoms with E-state index in [0.29, 0.717) is 0 Å². The molecule has 7 nitrogen and oxygen atoms in total. The lowest BCUT2D eigenvalue weighted by Crippen LogP contribution is -2.61. The van der Waals surface area contributed by atoms with Gasteiger partial charge in [-0.2, -0.15) is 21.6 Å². The van der Waals surface area contributed by atoms with Gasteiger partial charge in [0, 0.05) is 12.5 Å². The van der Waals surface area contributed by atoms with Crippen molar-refractivity contribution in [3.63, 3.8) is 0 Å². The van der Waals surface area contributed by atoms with Crippen LogP contribution < -0.4 is 0 Å². The Labute approximate surface area is 163 Å². The molecule has 1 aliphatic rings. The molecule has 11 heteroatoms. The average Bonchev–Trinajstić information content (AvgIpc) is 2.83. The third-order valence-corrected chi connectivity index (χ3v) is 5.79. The van der Waals surface area contributed by atoms with Crippen LogP contribution in [0.5, 0.6) is 0 Å². The molecule has 28 heavy (non-hydrogen) atoms. The minimum Gasteiger partial charge on any atom is -0.445 e. The first-order chi connectivity index (χ1) is 12.5. The summed E-state index contributed by atoms with van der Waals surface area (Å²) in [6.45, 7) is 10.3. The summed E-state index contributed by atoms with van der Waals surface area (Å²) in [5.41, 5.74) is -8.21. The number of amides is 1. The summed E-state index contributed by atoms with van der Waals surface area (Å²) in [6, 6.07) is -0.725. The van der Waals surface area contributed by atoms with Crippen LogP contribution in [0.2, 0.25) is 0 Å². The Morgan fingerprint density at radius 1 is 1.36 bits per heavy atom. The van der Waals surface area contributed by atoms with E-state index in [4.69, 9.17) is 4.74 Å². The van der Waals surface area contributed by atoms with Crippen molar-refractivity contribution in [2.24, 2.45) is 11.3 Å². The van der Waals surface area contributed by atoms with E-state index in [1.165, 1.54) is 19.9 Å². The molecule has 0 aliphatic carbocycles. The van der Waals surface area contributed by atoms with E-state index in [1.54, 1.807) is 20.8 Å². The first-order valence-electron chi connectivity index (χ1n) is 8.58. The molecular formula is C17H26F3NO6S. The summed E-state index contributed by atoms with van der Waals surface area (Å²) in [6.07, 6.45) is 0.177. The lowest BCUT2D eigenvalue weighted by molar-refractivity contribution is -0.129. The first-order valence-corrected chi connectivity index (χ1v) is 9.99. The molecule has 1 heterocycles. The molecule has 0 radical (unpaired) electrons. The number of ether oxygens (including phenoxy) is 1. The maximum absolute atomic E-state index is 12.9. The van der Waals surface area contributed by atoms with E-state index in [-0.39, 0.29) is 13.0 Å². The Bertz CT molecular complexity index is 726. The monoisotopic (exact) mass is 429 g/mol. The molecule has 0 saturated carbocycles. The molecule has 1 rings (SSSR count). The zero-order valence-corrected chi connectivity index (χ0v) is 17.3. The molecule has 0 bridgehead atoms. The van der Waals surface area contributed by atoms with Crippen LogP contribution >= 0.6 is 0 Å². The summed E-state index contributed by atoms with van der Waals surface area (Å²) in [5, 5.41) is 0. The standard InChI is InChI=1S/C17H26F3NO6S/c1-7-8-26-14(23)21-12(15(4,5)6)9-13(22)16(21,11(2)3)10-27-28(24,25)17(18,19)20/h7,11-12H,1,8-10H2,2-6H3. The highest BCUT2D eigenvalue weighted by Crippen LogP contribution is 2.44. The van der Waals surface area contributed by atoms with E-state index < -0.39 is 57.0 Å². The van der Waals surface area contributed by atoms with Crippen LogP contribution in [0.3, 0.4) is 0 Å². The number of hydrogen-bond donors (Lipinski definition) is 0. The van der Waals surface area contributed by atoms with E-state index >= 15 is 0 Å². The second-order valence-electron chi connectivity index (χ2n) is 7.99. The number of carbonyl (C=O) groups excluding carboxylic acids is 2. The van der Waals surface area contributed by atoms with Gasteiger partial charge in [-0.05, 0) is 11.3 Å². The largest absolute Gasteiger partial charge is 0.523 e. The molecule has 0 spiro atoms. The third-order valence-electron chi connectivity index (χ3n) is 4.80. The molecule has 0 aromatic carbocycles. The molecule has 1 amide bonds. The van der Waals surface area contributed by atoms with Gasteiger partial charge in [-0.3, -0.25) is 13.9 Å². The predicted octanol–water partition coefficient (Wildman–Crippen LogP) is 3.26. The van der Waals surface area contributed by atoms with Gasteiger partial charge in [-0.15, -0.1) is 0 Å². The smallest absolute Gasteiger partial charge is 0.445 e. The predicted molar refractivity (Wildman–Crippen MR) is 94.7 cm³/mol. The molecule has 162 valence electrons. The SMILES string of the molecule is C=CCOC(=O)N1C(C(C)(C)C)CC(=O)C1(COS(=O)(=O)C(F)(F)F)C(C)C. The molecule has 0 aromatic rings. The molecule has 1 saturated heterocycles. The van der Waals surface area contributed by atoms with E-state index in [9.17, 15) is 31.2 Å². The van der Waals surface area contributed by atoms with Crippen molar-refractivity contribution in [2.45, 2.75) is 58.1 Å². The van der Waals surface area contributed by atoms with Gasteiger partial charge in [0.05, 0.1) is 6.61 Å². The summed E-state index contributed by atoms with van der Waals surface area (Å²) in [4.78, 5) is 26.7. The second-order valence-corrected chi connectivity index (χ2v) is 9.59. The number of likely N-dealkylation sites (tertiary alicyclic amines) is 1. The Hall–Kier alpha value is -1.62. The van der Waals surface area contributed by atoms with Gasteiger partial charge in [0.15, 0.2) is 5.78 Å². The number of carbonyl (C=O) groups is 2. The number of hydrogen-bond acceptors (Lipinski definition) is 6. The van der Waals surface area contributed by atoms with Crippen LogP contribution in [0.1, 0.15) is 41.0 Å². The van der Waals surface area contributed by atoms with Gasteiger partial charge < -0.3 is 4.74 Å². The van der Waals surface area contributed by atoms with Crippen LogP contribution in [-0.4, -0.2) is 55.5 Å². The Balaban J connectivity index is 3.47. The number of halogens is 3. The van der Waals surface area contributed by atoms with Crippen molar-refractivity contribution in [1.29, 1.82) is 0 Å². The normalized spacial score (nSPS) is 24.0. The number of alkyl halides is 3. The molecule has 0 N–H and O–H groups in total. The zero-order chi connectivity index (χ0) is 22.1. The van der Waals surface area contributed by atoms with Crippen molar-refractivity contribution in [2.75, 3.05) is 13.2 Å². The molecule has 1 aliphatic heterocycles. The van der Waals surface area contributed by atoms with Gasteiger partial charge >= 0.3 is 21.7 Å². The van der Waals surface area contributed by atoms with Crippen molar-refractivity contribution >= 4 is 22.0 Å². The van der Waals surface area contributed by atoms with Gasteiger partial charge in [0.25, 0.3) is 0 Å². The highest BCUT2D eigenvalue weighted by molar-refractivity contribution is 7.87. The number of ketones is 1. The maximum Gasteiger partial charge on any atom is 0.523 e. The fourth-order valence-electron chi connectivity index (χ4n) is 3.19. The van der Waals surface area contributed by atoms with Crippen molar-refractivity contribution < 1.29 is 40.1 Å². The van der Waals surface area contributed by atoms with Crippen molar-refractivity contribution in [1.82, 2.24) is 4.90 Å². The van der Waals surface area contributed by atoms with E-state index in [1.807, 2.05) is 0 Å². The summed E-state index contributed by atoms with van der Waals surface area (Å²) in [5.74, 6) is -1.33. The fraction of sp³-hybridized carbons (Fsp3) is 0.765. The van der Waals surface area contributed by atoms with Crippen LogP contribution in [0.15, 0.2) is 12.7 Å². The Morgan fingerprint density at radius 2 is 1.89 bits per heavy atom. The maximum atomic E-state index is 12.9. The summed E-state index contributed by atoms with van der Waals surface area (Å²) in [7, 11) is -5.95.